The molecule has 2 fully saturated rings. The van der Waals surface area contributed by atoms with Gasteiger partial charge in [-0.2, -0.15) is 17.5 Å². The van der Waals surface area contributed by atoms with Crippen LogP contribution in [0.25, 0.3) is 0 Å². The minimum Gasteiger partial charge on any atom is -0.248 e. The Balaban J connectivity index is 1.58. The molecule has 1 aliphatic heterocycles. The number of sulfonamides is 1. The highest BCUT2D eigenvalue weighted by Crippen LogP contribution is 2.39. The minimum atomic E-state index is -4.73. The molecule has 26 heavy (non-hydrogen) atoms. The lowest BCUT2D eigenvalue weighted by Gasteiger charge is -2.19. The van der Waals surface area contributed by atoms with E-state index in [1.807, 2.05) is 6.20 Å². The summed E-state index contributed by atoms with van der Waals surface area (Å²) in [5.41, 5.74) is -0.242. The Kier molecular flexibility index (Phi) is 4.07. The van der Waals surface area contributed by atoms with Gasteiger partial charge in [-0.15, -0.1) is 5.10 Å². The van der Waals surface area contributed by atoms with Crippen LogP contribution >= 0.6 is 0 Å². The van der Waals surface area contributed by atoms with Crippen LogP contribution in [-0.4, -0.2) is 40.8 Å². The van der Waals surface area contributed by atoms with Crippen LogP contribution in [-0.2, 0) is 16.2 Å². The SMILES string of the molecule is O=S(=O)(c1ccccc1C(F)(F)F)N1CCC(n2cc(C3CC3)nn2)C1. The quantitative estimate of drug-likeness (QED) is 0.810. The Morgan fingerprint density at radius 2 is 1.85 bits per heavy atom. The van der Waals surface area contributed by atoms with Crippen molar-refractivity contribution in [1.29, 1.82) is 0 Å². The van der Waals surface area contributed by atoms with Crippen molar-refractivity contribution in [3.8, 4) is 0 Å². The maximum Gasteiger partial charge on any atom is 0.417 e. The number of nitrogens with zero attached hydrogens (tertiary/aromatic N) is 4. The van der Waals surface area contributed by atoms with Crippen molar-refractivity contribution < 1.29 is 21.6 Å². The summed E-state index contributed by atoms with van der Waals surface area (Å²) >= 11 is 0. The highest BCUT2D eigenvalue weighted by Gasteiger charge is 2.41. The molecule has 0 amide bonds. The molecule has 1 aliphatic carbocycles. The maximum absolute atomic E-state index is 13.2. The van der Waals surface area contributed by atoms with Crippen LogP contribution in [0.1, 0.15) is 42.5 Å². The van der Waals surface area contributed by atoms with Crippen LogP contribution in [0.15, 0.2) is 35.4 Å². The second-order valence-corrected chi connectivity index (χ2v) is 8.60. The van der Waals surface area contributed by atoms with Crippen LogP contribution in [0.3, 0.4) is 0 Å². The Morgan fingerprint density at radius 3 is 2.54 bits per heavy atom. The normalized spacial score (nSPS) is 22.0. The van der Waals surface area contributed by atoms with Crippen LogP contribution < -0.4 is 0 Å². The first-order valence-electron chi connectivity index (χ1n) is 8.35. The van der Waals surface area contributed by atoms with Gasteiger partial charge in [0.2, 0.25) is 10.0 Å². The van der Waals surface area contributed by atoms with Crippen molar-refractivity contribution in [3.05, 3.63) is 41.7 Å². The number of halogens is 3. The van der Waals surface area contributed by atoms with Gasteiger partial charge in [-0.3, -0.25) is 0 Å². The van der Waals surface area contributed by atoms with E-state index in [-0.39, 0.29) is 19.1 Å². The first-order valence-corrected chi connectivity index (χ1v) is 9.79. The Morgan fingerprint density at radius 1 is 1.12 bits per heavy atom. The average Bonchev–Trinajstić information content (AvgIpc) is 3.11. The molecule has 1 saturated heterocycles. The number of rotatable bonds is 4. The van der Waals surface area contributed by atoms with E-state index in [1.165, 1.54) is 12.1 Å². The van der Waals surface area contributed by atoms with Gasteiger partial charge in [0.1, 0.15) is 0 Å². The lowest BCUT2D eigenvalue weighted by molar-refractivity contribution is -0.139. The first-order chi connectivity index (χ1) is 12.3. The van der Waals surface area contributed by atoms with Crippen molar-refractivity contribution in [2.24, 2.45) is 0 Å². The van der Waals surface area contributed by atoms with Crippen LogP contribution in [0.4, 0.5) is 13.2 Å². The second-order valence-electron chi connectivity index (χ2n) is 6.70. The van der Waals surface area contributed by atoms with E-state index < -0.39 is 26.7 Å². The summed E-state index contributed by atoms with van der Waals surface area (Å²) in [5.74, 6) is 0.434. The highest BCUT2D eigenvalue weighted by atomic mass is 32.2. The van der Waals surface area contributed by atoms with Crippen LogP contribution in [0, 0.1) is 0 Å². The van der Waals surface area contributed by atoms with Gasteiger partial charge in [-0.25, -0.2) is 13.1 Å². The highest BCUT2D eigenvalue weighted by molar-refractivity contribution is 7.89. The van der Waals surface area contributed by atoms with E-state index in [4.69, 9.17) is 0 Å². The van der Waals surface area contributed by atoms with E-state index in [0.717, 1.165) is 35.0 Å². The fourth-order valence-corrected chi connectivity index (χ4v) is 4.95. The topological polar surface area (TPSA) is 68.1 Å². The lowest BCUT2D eigenvalue weighted by atomic mass is 10.2. The zero-order valence-corrected chi connectivity index (χ0v) is 14.5. The van der Waals surface area contributed by atoms with Gasteiger partial charge in [0.05, 0.1) is 22.2 Å². The van der Waals surface area contributed by atoms with Crippen LogP contribution in [0.5, 0.6) is 0 Å². The molecule has 2 aromatic rings. The van der Waals surface area contributed by atoms with E-state index >= 15 is 0 Å². The molecule has 1 aromatic carbocycles. The molecule has 2 heterocycles. The summed E-state index contributed by atoms with van der Waals surface area (Å²) < 4.78 is 67.9. The first kappa shape index (κ1) is 17.5. The minimum absolute atomic E-state index is 0.0853. The Hall–Kier alpha value is -1.94. The van der Waals surface area contributed by atoms with E-state index in [1.54, 1.807) is 4.68 Å². The predicted molar refractivity (Wildman–Crippen MR) is 85.9 cm³/mol. The summed E-state index contributed by atoms with van der Waals surface area (Å²) in [6, 6.07) is 4.06. The van der Waals surface area contributed by atoms with E-state index in [9.17, 15) is 21.6 Å². The van der Waals surface area contributed by atoms with Crippen molar-refractivity contribution in [2.45, 2.75) is 42.3 Å². The maximum atomic E-state index is 13.2. The van der Waals surface area contributed by atoms with Crippen molar-refractivity contribution in [2.75, 3.05) is 13.1 Å². The molecule has 6 nitrogen and oxygen atoms in total. The second kappa shape index (κ2) is 6.05. The number of hydrogen-bond donors (Lipinski definition) is 0. The number of alkyl halides is 3. The molecule has 0 bridgehead atoms. The fraction of sp³-hybridized carbons (Fsp3) is 0.500. The molecule has 1 atom stereocenters. The molecule has 10 heteroatoms. The fourth-order valence-electron chi connectivity index (χ4n) is 3.24. The largest absolute Gasteiger partial charge is 0.417 e. The third kappa shape index (κ3) is 3.11. The molecular weight excluding hydrogens is 369 g/mol. The monoisotopic (exact) mass is 386 g/mol. The zero-order valence-electron chi connectivity index (χ0n) is 13.7. The number of aromatic nitrogens is 3. The Bertz CT molecular complexity index is 922. The molecule has 2 aliphatic rings. The van der Waals surface area contributed by atoms with Crippen molar-refractivity contribution in [1.82, 2.24) is 19.3 Å². The van der Waals surface area contributed by atoms with Gasteiger partial charge in [-0.1, -0.05) is 17.3 Å². The molecular formula is C16H17F3N4O2S. The van der Waals surface area contributed by atoms with Crippen molar-refractivity contribution >= 4 is 10.0 Å². The summed E-state index contributed by atoms with van der Waals surface area (Å²) in [5, 5.41) is 8.18. The summed E-state index contributed by atoms with van der Waals surface area (Å²) in [6.45, 7) is 0.236. The van der Waals surface area contributed by atoms with Crippen LogP contribution in [0.2, 0.25) is 0 Å². The molecule has 4 rings (SSSR count). The third-order valence-corrected chi connectivity index (χ3v) is 6.76. The molecule has 140 valence electrons. The van der Waals surface area contributed by atoms with Gasteiger partial charge < -0.3 is 0 Å². The lowest BCUT2D eigenvalue weighted by Crippen LogP contribution is -2.31. The number of benzene rings is 1. The van der Waals surface area contributed by atoms with Gasteiger partial charge in [0, 0.05) is 25.2 Å². The molecule has 0 N–H and O–H groups in total. The van der Waals surface area contributed by atoms with Crippen molar-refractivity contribution in [3.63, 3.8) is 0 Å². The zero-order chi connectivity index (χ0) is 18.5. The van der Waals surface area contributed by atoms with Gasteiger partial charge in [0.25, 0.3) is 0 Å². The molecule has 1 unspecified atom stereocenters. The average molecular weight is 386 g/mol. The number of hydrogen-bond acceptors (Lipinski definition) is 4. The van der Waals surface area contributed by atoms with E-state index in [0.29, 0.717) is 12.3 Å². The molecule has 0 radical (unpaired) electrons. The predicted octanol–water partition coefficient (Wildman–Crippen LogP) is 2.81. The summed E-state index contributed by atoms with van der Waals surface area (Å²) in [4.78, 5) is -0.703. The summed E-state index contributed by atoms with van der Waals surface area (Å²) in [6.07, 6.45) is -0.257. The smallest absolute Gasteiger partial charge is 0.248 e. The van der Waals surface area contributed by atoms with Gasteiger partial charge >= 0.3 is 6.18 Å². The molecule has 0 spiro atoms. The Labute approximate surface area is 148 Å². The molecule has 1 aromatic heterocycles. The summed E-state index contributed by atoms with van der Waals surface area (Å²) in [7, 11) is -4.24. The van der Waals surface area contributed by atoms with E-state index in [2.05, 4.69) is 10.3 Å². The third-order valence-electron chi connectivity index (χ3n) is 4.83. The molecule has 1 saturated carbocycles. The van der Waals surface area contributed by atoms with Gasteiger partial charge in [0.15, 0.2) is 0 Å². The van der Waals surface area contributed by atoms with Gasteiger partial charge in [-0.05, 0) is 31.4 Å². The standard InChI is InChI=1S/C16H17F3N4O2S/c17-16(18,19)13-3-1-2-4-15(13)26(24,25)22-8-7-12(9-22)23-10-14(20-21-23)11-5-6-11/h1-4,10-12H,5-9H2.